The Bertz CT molecular complexity index is 845. The fourth-order valence-corrected chi connectivity index (χ4v) is 3.02. The van der Waals surface area contributed by atoms with Crippen LogP contribution in [0.3, 0.4) is 0 Å². The summed E-state index contributed by atoms with van der Waals surface area (Å²) in [7, 11) is 0. The molecule has 1 atom stereocenters. The first-order valence-corrected chi connectivity index (χ1v) is 8.70. The second kappa shape index (κ2) is 7.99. The van der Waals surface area contributed by atoms with Gasteiger partial charge in [0, 0.05) is 10.9 Å². The van der Waals surface area contributed by atoms with Gasteiger partial charge in [-0.2, -0.15) is 0 Å². The van der Waals surface area contributed by atoms with Gasteiger partial charge in [0.15, 0.2) is 6.10 Å². The van der Waals surface area contributed by atoms with Gasteiger partial charge in [0.1, 0.15) is 5.75 Å². The van der Waals surface area contributed by atoms with Crippen LogP contribution in [0.15, 0.2) is 83.3 Å². The third-order valence-corrected chi connectivity index (χ3v) is 4.32. The standard InChI is InChI=1S/C21H17BrO3/c22-18-8-4-5-15(13-18)14-20(21(23)24)25-19-11-9-17(10-12-19)16-6-2-1-3-7-16/h1-13,20H,14H2,(H,23,24). The van der Waals surface area contributed by atoms with E-state index in [1.807, 2.05) is 66.7 Å². The highest BCUT2D eigenvalue weighted by atomic mass is 79.9. The molecule has 4 heteroatoms. The van der Waals surface area contributed by atoms with Crippen LogP contribution in [0.2, 0.25) is 0 Å². The van der Waals surface area contributed by atoms with Gasteiger partial charge in [0.2, 0.25) is 0 Å². The first-order valence-electron chi connectivity index (χ1n) is 7.91. The summed E-state index contributed by atoms with van der Waals surface area (Å²) in [4.78, 5) is 11.5. The largest absolute Gasteiger partial charge is 0.478 e. The minimum absolute atomic E-state index is 0.301. The van der Waals surface area contributed by atoms with E-state index in [4.69, 9.17) is 4.74 Å². The first kappa shape index (κ1) is 17.2. The molecular formula is C21H17BrO3. The van der Waals surface area contributed by atoms with Crippen molar-refractivity contribution in [3.8, 4) is 16.9 Å². The zero-order valence-electron chi connectivity index (χ0n) is 13.4. The number of aliphatic carboxylic acids is 1. The van der Waals surface area contributed by atoms with Crippen LogP contribution in [0.1, 0.15) is 5.56 Å². The molecule has 0 spiro atoms. The van der Waals surface area contributed by atoms with Crippen molar-refractivity contribution in [2.75, 3.05) is 0 Å². The number of ether oxygens (including phenoxy) is 1. The maximum absolute atomic E-state index is 11.5. The molecule has 0 aromatic heterocycles. The van der Waals surface area contributed by atoms with Gasteiger partial charge in [-0.25, -0.2) is 4.79 Å². The summed E-state index contributed by atoms with van der Waals surface area (Å²) >= 11 is 3.40. The minimum atomic E-state index is -0.980. The second-order valence-corrected chi connectivity index (χ2v) is 6.58. The molecule has 0 heterocycles. The van der Waals surface area contributed by atoms with E-state index in [1.165, 1.54) is 0 Å². The fourth-order valence-electron chi connectivity index (χ4n) is 2.58. The molecule has 0 radical (unpaired) electrons. The Labute approximate surface area is 155 Å². The van der Waals surface area contributed by atoms with E-state index >= 15 is 0 Å². The van der Waals surface area contributed by atoms with E-state index in [0.29, 0.717) is 12.2 Å². The number of hydrogen-bond donors (Lipinski definition) is 1. The van der Waals surface area contributed by atoms with Gasteiger partial charge in [-0.15, -0.1) is 0 Å². The third-order valence-electron chi connectivity index (χ3n) is 3.83. The Morgan fingerprint density at radius 1 is 0.920 bits per heavy atom. The van der Waals surface area contributed by atoms with Crippen molar-refractivity contribution >= 4 is 21.9 Å². The highest BCUT2D eigenvalue weighted by Crippen LogP contribution is 2.23. The first-order chi connectivity index (χ1) is 12.1. The molecule has 1 N–H and O–H groups in total. The van der Waals surface area contributed by atoms with Crippen molar-refractivity contribution in [3.05, 3.63) is 88.9 Å². The Morgan fingerprint density at radius 2 is 1.60 bits per heavy atom. The van der Waals surface area contributed by atoms with E-state index in [-0.39, 0.29) is 0 Å². The van der Waals surface area contributed by atoms with E-state index in [2.05, 4.69) is 15.9 Å². The maximum atomic E-state index is 11.5. The normalized spacial score (nSPS) is 11.7. The zero-order valence-corrected chi connectivity index (χ0v) is 15.0. The van der Waals surface area contributed by atoms with Crippen molar-refractivity contribution in [3.63, 3.8) is 0 Å². The lowest BCUT2D eigenvalue weighted by Crippen LogP contribution is -2.29. The Morgan fingerprint density at radius 3 is 2.24 bits per heavy atom. The number of carbonyl (C=O) groups is 1. The molecular weight excluding hydrogens is 380 g/mol. The fraction of sp³-hybridized carbons (Fsp3) is 0.0952. The maximum Gasteiger partial charge on any atom is 0.345 e. The van der Waals surface area contributed by atoms with Crippen molar-refractivity contribution in [2.45, 2.75) is 12.5 Å². The molecule has 0 saturated carbocycles. The molecule has 0 amide bonds. The lowest BCUT2D eigenvalue weighted by Gasteiger charge is -2.16. The molecule has 3 rings (SSSR count). The van der Waals surface area contributed by atoms with Gasteiger partial charge < -0.3 is 9.84 Å². The molecule has 1 unspecified atom stereocenters. The molecule has 25 heavy (non-hydrogen) atoms. The summed E-state index contributed by atoms with van der Waals surface area (Å²) in [5, 5.41) is 9.46. The van der Waals surface area contributed by atoms with E-state index in [0.717, 1.165) is 21.2 Å². The summed E-state index contributed by atoms with van der Waals surface area (Å²) in [6, 6.07) is 25.1. The summed E-state index contributed by atoms with van der Waals surface area (Å²) in [6.45, 7) is 0. The van der Waals surface area contributed by atoms with Crippen LogP contribution in [0, 0.1) is 0 Å². The number of benzene rings is 3. The average Bonchev–Trinajstić information content (AvgIpc) is 2.62. The highest BCUT2D eigenvalue weighted by molar-refractivity contribution is 9.10. The summed E-state index contributed by atoms with van der Waals surface area (Å²) in [5.74, 6) is -0.436. The SMILES string of the molecule is O=C(O)C(Cc1cccc(Br)c1)Oc1ccc(-c2ccccc2)cc1. The van der Waals surface area contributed by atoms with E-state index in [9.17, 15) is 9.90 Å². The molecule has 0 aliphatic carbocycles. The number of hydrogen-bond acceptors (Lipinski definition) is 2. The molecule has 0 fully saturated rings. The van der Waals surface area contributed by atoms with Gasteiger partial charge in [0.05, 0.1) is 0 Å². The predicted molar refractivity (Wildman–Crippen MR) is 102 cm³/mol. The van der Waals surface area contributed by atoms with Crippen molar-refractivity contribution in [1.29, 1.82) is 0 Å². The lowest BCUT2D eigenvalue weighted by molar-refractivity contribution is -0.145. The quantitative estimate of drug-likeness (QED) is 0.623. The molecule has 3 nitrogen and oxygen atoms in total. The lowest BCUT2D eigenvalue weighted by atomic mass is 10.1. The number of carboxylic acids is 1. The van der Waals surface area contributed by atoms with Crippen LogP contribution in [0.4, 0.5) is 0 Å². The van der Waals surface area contributed by atoms with Crippen LogP contribution in [0.5, 0.6) is 5.75 Å². The van der Waals surface area contributed by atoms with Crippen molar-refractivity contribution in [1.82, 2.24) is 0 Å². The summed E-state index contributed by atoms with van der Waals surface area (Å²) in [5.41, 5.74) is 3.08. The Balaban J connectivity index is 1.73. The van der Waals surface area contributed by atoms with Gasteiger partial charge in [-0.05, 0) is 41.0 Å². The smallest absolute Gasteiger partial charge is 0.345 e. The number of halogens is 1. The van der Waals surface area contributed by atoms with E-state index < -0.39 is 12.1 Å². The topological polar surface area (TPSA) is 46.5 Å². The average molecular weight is 397 g/mol. The van der Waals surface area contributed by atoms with Crippen molar-refractivity contribution < 1.29 is 14.6 Å². The number of rotatable bonds is 6. The van der Waals surface area contributed by atoms with Gasteiger partial charge in [-0.3, -0.25) is 0 Å². The molecule has 3 aromatic rings. The number of carboxylic acid groups (broad SMARTS) is 1. The van der Waals surface area contributed by atoms with Crippen LogP contribution in [0.25, 0.3) is 11.1 Å². The molecule has 0 bridgehead atoms. The van der Waals surface area contributed by atoms with Crippen LogP contribution in [-0.4, -0.2) is 17.2 Å². The summed E-state index contributed by atoms with van der Waals surface area (Å²) < 4.78 is 6.61. The minimum Gasteiger partial charge on any atom is -0.478 e. The van der Waals surface area contributed by atoms with E-state index in [1.54, 1.807) is 12.1 Å². The third kappa shape index (κ3) is 4.70. The molecule has 0 aliphatic rings. The molecule has 0 aliphatic heterocycles. The predicted octanol–water partition coefficient (Wildman–Crippen LogP) is 5.19. The van der Waals surface area contributed by atoms with Crippen LogP contribution < -0.4 is 4.74 Å². The zero-order chi connectivity index (χ0) is 17.6. The highest BCUT2D eigenvalue weighted by Gasteiger charge is 2.20. The summed E-state index contributed by atoms with van der Waals surface area (Å²) in [6.07, 6.45) is -0.633. The molecule has 3 aromatic carbocycles. The Hall–Kier alpha value is -2.59. The monoisotopic (exact) mass is 396 g/mol. The molecule has 0 saturated heterocycles. The van der Waals surface area contributed by atoms with Gasteiger partial charge in [0.25, 0.3) is 0 Å². The Kier molecular flexibility index (Phi) is 5.51. The molecule has 126 valence electrons. The second-order valence-electron chi connectivity index (χ2n) is 5.67. The van der Waals surface area contributed by atoms with Crippen molar-refractivity contribution in [2.24, 2.45) is 0 Å². The van der Waals surface area contributed by atoms with Gasteiger partial charge in [-0.1, -0.05) is 70.5 Å². The van der Waals surface area contributed by atoms with Crippen LogP contribution in [-0.2, 0) is 11.2 Å². The van der Waals surface area contributed by atoms with Gasteiger partial charge >= 0.3 is 5.97 Å². The van der Waals surface area contributed by atoms with Crippen LogP contribution >= 0.6 is 15.9 Å².